The van der Waals surface area contributed by atoms with Gasteiger partial charge in [-0.3, -0.25) is 4.79 Å². The van der Waals surface area contributed by atoms with Crippen LogP contribution in [0.1, 0.15) is 51.9 Å². The van der Waals surface area contributed by atoms with Crippen molar-refractivity contribution in [2.45, 2.75) is 51.9 Å². The van der Waals surface area contributed by atoms with E-state index in [4.69, 9.17) is 0 Å². The first kappa shape index (κ1) is 14.9. The molecule has 1 fully saturated rings. The predicted molar refractivity (Wildman–Crippen MR) is 81.9 cm³/mol. The molecular formula is C17H25NO2. The van der Waals surface area contributed by atoms with Crippen molar-refractivity contribution in [2.75, 3.05) is 11.4 Å². The van der Waals surface area contributed by atoms with Crippen molar-refractivity contribution in [3.63, 3.8) is 0 Å². The third kappa shape index (κ3) is 3.99. The molecule has 1 aliphatic rings. The highest BCUT2D eigenvalue weighted by atomic mass is 16.3. The Kier molecular flexibility index (Phi) is 5.45. The standard InChI is InChI=1S/C17H25NO2/c1-2-18(15-9-6-10-16(19)13-15)17(20)12-11-14-7-4-3-5-8-14/h6,9-10,13-14,19H,2-5,7-8,11-12H2,1H3. The number of carbonyl (C=O) groups is 1. The lowest BCUT2D eigenvalue weighted by atomic mass is 9.86. The van der Waals surface area contributed by atoms with E-state index in [9.17, 15) is 9.90 Å². The first-order chi connectivity index (χ1) is 9.70. The highest BCUT2D eigenvalue weighted by Gasteiger charge is 2.18. The molecule has 0 aromatic heterocycles. The molecule has 1 saturated carbocycles. The van der Waals surface area contributed by atoms with E-state index < -0.39 is 0 Å². The summed E-state index contributed by atoms with van der Waals surface area (Å²) in [6.07, 6.45) is 8.19. The van der Waals surface area contributed by atoms with Crippen LogP contribution in [0.15, 0.2) is 24.3 Å². The van der Waals surface area contributed by atoms with Gasteiger partial charge in [-0.05, 0) is 31.4 Å². The Morgan fingerprint density at radius 2 is 2.05 bits per heavy atom. The molecule has 1 N–H and O–H groups in total. The first-order valence-corrected chi connectivity index (χ1v) is 7.80. The molecule has 3 heteroatoms. The molecule has 3 nitrogen and oxygen atoms in total. The normalized spacial score (nSPS) is 16.1. The van der Waals surface area contributed by atoms with Gasteiger partial charge in [0.2, 0.25) is 5.91 Å². The fraction of sp³-hybridized carbons (Fsp3) is 0.588. The smallest absolute Gasteiger partial charge is 0.226 e. The summed E-state index contributed by atoms with van der Waals surface area (Å²) in [5, 5.41) is 9.54. The van der Waals surface area contributed by atoms with E-state index in [-0.39, 0.29) is 11.7 Å². The molecule has 0 bridgehead atoms. The van der Waals surface area contributed by atoms with Gasteiger partial charge in [-0.1, -0.05) is 38.2 Å². The fourth-order valence-corrected chi connectivity index (χ4v) is 3.10. The minimum absolute atomic E-state index is 0.170. The number of phenols is 1. The Morgan fingerprint density at radius 3 is 2.70 bits per heavy atom. The van der Waals surface area contributed by atoms with Crippen molar-refractivity contribution in [1.82, 2.24) is 0 Å². The lowest BCUT2D eigenvalue weighted by Gasteiger charge is -2.24. The van der Waals surface area contributed by atoms with Crippen LogP contribution in [0.2, 0.25) is 0 Å². The lowest BCUT2D eigenvalue weighted by Crippen LogP contribution is -2.30. The molecule has 1 aliphatic carbocycles. The van der Waals surface area contributed by atoms with E-state index in [1.807, 2.05) is 13.0 Å². The van der Waals surface area contributed by atoms with E-state index in [0.29, 0.717) is 13.0 Å². The SMILES string of the molecule is CCN(C(=O)CCC1CCCCC1)c1cccc(O)c1. The number of benzene rings is 1. The second kappa shape index (κ2) is 7.32. The van der Waals surface area contributed by atoms with Crippen LogP contribution >= 0.6 is 0 Å². The van der Waals surface area contributed by atoms with Gasteiger partial charge < -0.3 is 10.0 Å². The Balaban J connectivity index is 1.91. The topological polar surface area (TPSA) is 40.5 Å². The van der Waals surface area contributed by atoms with Crippen LogP contribution in [0.25, 0.3) is 0 Å². The third-order valence-corrected chi connectivity index (χ3v) is 4.25. The summed E-state index contributed by atoms with van der Waals surface area (Å²) in [5.41, 5.74) is 0.793. The number of hydrogen-bond donors (Lipinski definition) is 1. The molecule has 110 valence electrons. The Hall–Kier alpha value is -1.51. The molecule has 1 amide bonds. The van der Waals surface area contributed by atoms with Crippen molar-refractivity contribution >= 4 is 11.6 Å². The summed E-state index contributed by atoms with van der Waals surface area (Å²) in [6, 6.07) is 6.94. The number of rotatable bonds is 5. The highest BCUT2D eigenvalue weighted by molar-refractivity contribution is 5.93. The lowest BCUT2D eigenvalue weighted by molar-refractivity contribution is -0.118. The molecule has 1 aromatic carbocycles. The first-order valence-electron chi connectivity index (χ1n) is 7.80. The summed E-state index contributed by atoms with van der Waals surface area (Å²) >= 11 is 0. The van der Waals surface area contributed by atoms with Crippen LogP contribution in [0.5, 0.6) is 5.75 Å². The monoisotopic (exact) mass is 275 g/mol. The Labute approximate surface area is 121 Å². The van der Waals surface area contributed by atoms with E-state index in [2.05, 4.69) is 0 Å². The quantitative estimate of drug-likeness (QED) is 0.878. The maximum Gasteiger partial charge on any atom is 0.226 e. The van der Waals surface area contributed by atoms with Gasteiger partial charge in [-0.15, -0.1) is 0 Å². The molecule has 0 unspecified atom stereocenters. The molecule has 1 aromatic rings. The fourth-order valence-electron chi connectivity index (χ4n) is 3.10. The molecule has 0 spiro atoms. The van der Waals surface area contributed by atoms with E-state index in [1.165, 1.54) is 32.1 Å². The largest absolute Gasteiger partial charge is 0.508 e. The summed E-state index contributed by atoms with van der Waals surface area (Å²) in [4.78, 5) is 14.1. The molecule has 0 atom stereocenters. The van der Waals surface area contributed by atoms with Crippen LogP contribution in [0.4, 0.5) is 5.69 Å². The molecular weight excluding hydrogens is 250 g/mol. The Morgan fingerprint density at radius 1 is 1.30 bits per heavy atom. The number of nitrogens with zero attached hydrogens (tertiary/aromatic N) is 1. The molecule has 0 saturated heterocycles. The minimum Gasteiger partial charge on any atom is -0.508 e. The van der Waals surface area contributed by atoms with Crippen LogP contribution < -0.4 is 4.90 Å². The Bertz CT molecular complexity index is 438. The van der Waals surface area contributed by atoms with Gasteiger partial charge in [0.1, 0.15) is 5.75 Å². The van der Waals surface area contributed by atoms with Gasteiger partial charge in [-0.25, -0.2) is 0 Å². The molecule has 20 heavy (non-hydrogen) atoms. The van der Waals surface area contributed by atoms with Crippen LogP contribution in [0.3, 0.4) is 0 Å². The van der Waals surface area contributed by atoms with E-state index >= 15 is 0 Å². The summed E-state index contributed by atoms with van der Waals surface area (Å²) < 4.78 is 0. The zero-order valence-electron chi connectivity index (χ0n) is 12.3. The van der Waals surface area contributed by atoms with Crippen molar-refractivity contribution in [2.24, 2.45) is 5.92 Å². The number of aromatic hydroxyl groups is 1. The van der Waals surface area contributed by atoms with Crippen molar-refractivity contribution in [1.29, 1.82) is 0 Å². The number of carbonyl (C=O) groups excluding carboxylic acids is 1. The second-order valence-corrected chi connectivity index (χ2v) is 5.70. The van der Waals surface area contributed by atoms with Gasteiger partial charge in [0.15, 0.2) is 0 Å². The maximum absolute atomic E-state index is 12.4. The van der Waals surface area contributed by atoms with Gasteiger partial charge in [0.25, 0.3) is 0 Å². The average Bonchev–Trinajstić information content (AvgIpc) is 2.47. The number of anilines is 1. The van der Waals surface area contributed by atoms with Crippen LogP contribution in [-0.2, 0) is 4.79 Å². The van der Waals surface area contributed by atoms with Crippen molar-refractivity contribution in [3.8, 4) is 5.75 Å². The maximum atomic E-state index is 12.4. The molecule has 0 aliphatic heterocycles. The van der Waals surface area contributed by atoms with Crippen molar-refractivity contribution in [3.05, 3.63) is 24.3 Å². The highest BCUT2D eigenvalue weighted by Crippen LogP contribution is 2.28. The molecule has 2 rings (SSSR count). The summed E-state index contributed by atoms with van der Waals surface area (Å²) in [6.45, 7) is 2.62. The number of amides is 1. The molecule has 0 heterocycles. The van der Waals surface area contributed by atoms with Crippen molar-refractivity contribution < 1.29 is 9.90 Å². The summed E-state index contributed by atoms with van der Waals surface area (Å²) in [7, 11) is 0. The minimum atomic E-state index is 0.170. The van der Waals surface area contributed by atoms with E-state index in [1.54, 1.807) is 23.1 Å². The van der Waals surface area contributed by atoms with Gasteiger partial charge in [0, 0.05) is 24.7 Å². The number of hydrogen-bond acceptors (Lipinski definition) is 2. The van der Waals surface area contributed by atoms with E-state index in [0.717, 1.165) is 18.0 Å². The third-order valence-electron chi connectivity index (χ3n) is 4.25. The second-order valence-electron chi connectivity index (χ2n) is 5.70. The van der Waals surface area contributed by atoms with Gasteiger partial charge in [0.05, 0.1) is 0 Å². The number of phenolic OH excluding ortho intramolecular Hbond substituents is 1. The van der Waals surface area contributed by atoms with Gasteiger partial charge >= 0.3 is 0 Å². The zero-order valence-corrected chi connectivity index (χ0v) is 12.3. The predicted octanol–water partition coefficient (Wildman–Crippen LogP) is 4.11. The van der Waals surface area contributed by atoms with Gasteiger partial charge in [-0.2, -0.15) is 0 Å². The van der Waals surface area contributed by atoms with Crippen LogP contribution in [0, 0.1) is 5.92 Å². The van der Waals surface area contributed by atoms with Crippen LogP contribution in [-0.4, -0.2) is 17.6 Å². The zero-order chi connectivity index (χ0) is 14.4. The summed E-state index contributed by atoms with van der Waals surface area (Å²) in [5.74, 6) is 1.11. The molecule has 0 radical (unpaired) electrons. The average molecular weight is 275 g/mol.